The lowest BCUT2D eigenvalue weighted by Crippen LogP contribution is -2.65. The number of carbonyl (C=O) groups is 6. The zero-order chi connectivity index (χ0) is 39.5. The highest BCUT2D eigenvalue weighted by molar-refractivity contribution is 5.98. The van der Waals surface area contributed by atoms with Crippen molar-refractivity contribution in [1.29, 1.82) is 0 Å². The van der Waals surface area contributed by atoms with Crippen molar-refractivity contribution in [2.75, 3.05) is 13.1 Å². The minimum atomic E-state index is -1.56. The number of aliphatic carboxylic acids is 1. The second-order valence-corrected chi connectivity index (χ2v) is 17.3. The molecular weight excluding hydrogens is 664 g/mol. The Balaban J connectivity index is 2.49. The molecule has 1 saturated heterocycles. The molecule has 6 amide bonds. The summed E-state index contributed by atoms with van der Waals surface area (Å²) in [4.78, 5) is 84.0. The van der Waals surface area contributed by atoms with Crippen LogP contribution < -0.4 is 26.6 Å². The van der Waals surface area contributed by atoms with Crippen LogP contribution in [-0.4, -0.2) is 88.4 Å². The Hall–Kier alpha value is -3.38. The zero-order valence-corrected chi connectivity index (χ0v) is 33.8. The van der Waals surface area contributed by atoms with Crippen LogP contribution in [0.25, 0.3) is 0 Å². The number of carbonyl (C=O) groups excluding carboxylic acids is 5. The summed E-state index contributed by atoms with van der Waals surface area (Å²) in [6.07, 6.45) is 7.40. The molecule has 1 aliphatic carbocycles. The molecule has 4 atom stereocenters. The maximum Gasteiger partial charge on any atom is 0.315 e. The Bertz CT molecular complexity index is 1240. The fourth-order valence-electron chi connectivity index (χ4n) is 7.98. The summed E-state index contributed by atoms with van der Waals surface area (Å²) in [5.41, 5.74) is -3.13. The molecule has 0 aromatic carbocycles. The number of rotatable bonds is 18. The molecule has 0 bridgehead atoms. The first-order valence-electron chi connectivity index (χ1n) is 19.7. The first-order chi connectivity index (χ1) is 24.2. The minimum Gasteiger partial charge on any atom is -0.481 e. The Kier molecular flexibility index (Phi) is 16.4. The van der Waals surface area contributed by atoms with Crippen molar-refractivity contribution in [3.8, 4) is 0 Å². The topological polar surface area (TPSA) is 186 Å². The van der Waals surface area contributed by atoms with E-state index in [0.29, 0.717) is 32.4 Å². The van der Waals surface area contributed by atoms with Gasteiger partial charge < -0.3 is 36.6 Å². The van der Waals surface area contributed by atoms with Gasteiger partial charge in [-0.1, -0.05) is 94.9 Å². The van der Waals surface area contributed by atoms with E-state index < -0.39 is 64.2 Å². The molecule has 6 N–H and O–H groups in total. The van der Waals surface area contributed by atoms with Crippen LogP contribution in [0.15, 0.2) is 0 Å². The smallest absolute Gasteiger partial charge is 0.315 e. The van der Waals surface area contributed by atoms with Crippen molar-refractivity contribution >= 4 is 35.6 Å². The van der Waals surface area contributed by atoms with E-state index in [1.165, 1.54) is 0 Å². The van der Waals surface area contributed by atoms with Crippen molar-refractivity contribution in [2.24, 2.45) is 16.2 Å². The molecule has 52 heavy (non-hydrogen) atoms. The summed E-state index contributed by atoms with van der Waals surface area (Å²) in [5, 5.41) is 25.0. The number of hydrogen-bond donors (Lipinski definition) is 6. The van der Waals surface area contributed by atoms with Crippen LogP contribution in [0, 0.1) is 16.2 Å². The van der Waals surface area contributed by atoms with Crippen molar-refractivity contribution in [1.82, 2.24) is 31.5 Å². The van der Waals surface area contributed by atoms with Gasteiger partial charge in [-0.05, 0) is 62.2 Å². The first-order valence-corrected chi connectivity index (χ1v) is 19.7. The molecule has 1 aliphatic heterocycles. The molecular formula is C39H70N6O7. The number of carboxylic acids is 1. The monoisotopic (exact) mass is 735 g/mol. The van der Waals surface area contributed by atoms with Gasteiger partial charge in [-0.25, -0.2) is 4.79 Å². The van der Waals surface area contributed by atoms with Gasteiger partial charge in [0.2, 0.25) is 23.6 Å². The molecule has 13 nitrogen and oxygen atoms in total. The van der Waals surface area contributed by atoms with Crippen LogP contribution in [-0.2, 0) is 24.0 Å². The number of nitrogens with one attached hydrogen (secondary N) is 5. The van der Waals surface area contributed by atoms with E-state index in [-0.39, 0.29) is 36.6 Å². The lowest BCUT2D eigenvalue weighted by molar-refractivity contribution is -0.155. The summed E-state index contributed by atoms with van der Waals surface area (Å²) >= 11 is 0. The van der Waals surface area contributed by atoms with Gasteiger partial charge in [0.15, 0.2) is 0 Å². The summed E-state index contributed by atoms with van der Waals surface area (Å²) in [6.45, 7) is 20.4. The van der Waals surface area contributed by atoms with E-state index >= 15 is 0 Å². The van der Waals surface area contributed by atoms with E-state index in [1.807, 2.05) is 34.6 Å². The van der Waals surface area contributed by atoms with E-state index in [1.54, 1.807) is 25.7 Å². The van der Waals surface area contributed by atoms with Gasteiger partial charge in [0.25, 0.3) is 0 Å². The molecule has 0 aromatic heterocycles. The van der Waals surface area contributed by atoms with E-state index in [4.69, 9.17) is 0 Å². The molecule has 0 spiro atoms. The third-order valence-corrected chi connectivity index (χ3v) is 11.2. The third-order valence-electron chi connectivity index (χ3n) is 11.2. The molecule has 2 rings (SSSR count). The van der Waals surface area contributed by atoms with Crippen LogP contribution in [0.1, 0.15) is 153 Å². The van der Waals surface area contributed by atoms with Crippen LogP contribution in [0.5, 0.6) is 0 Å². The molecule has 1 saturated carbocycles. The van der Waals surface area contributed by atoms with Gasteiger partial charge in [0.1, 0.15) is 18.1 Å². The summed E-state index contributed by atoms with van der Waals surface area (Å²) < 4.78 is 0. The Labute approximate surface area is 312 Å². The fourth-order valence-corrected chi connectivity index (χ4v) is 7.98. The van der Waals surface area contributed by atoms with Gasteiger partial charge in [0, 0.05) is 24.7 Å². The lowest BCUT2D eigenvalue weighted by Gasteiger charge is -2.38. The number of nitrogens with zero attached hydrogens (tertiary/aromatic N) is 1. The number of amides is 6. The number of hydrogen-bond acceptors (Lipinski definition) is 6. The molecule has 298 valence electrons. The highest BCUT2D eigenvalue weighted by Crippen LogP contribution is 2.42. The van der Waals surface area contributed by atoms with Crippen molar-refractivity contribution < 1.29 is 33.9 Å². The molecule has 2 fully saturated rings. The number of carboxylic acid groups (broad SMARTS) is 1. The average Bonchev–Trinajstić information content (AvgIpc) is 3.77. The second-order valence-electron chi connectivity index (χ2n) is 17.3. The SMILES string of the molecule is CCCC(CC)(CCC)NC(=O)N[C@H](C(=O)N[C@@H](CC(=O)N1CCCC1)C(=O)N[C@H](C(=O)N[C@H](CC)C(C)(C)C)C1(C(=O)O)CCCC1)C(C)(C)C. The maximum absolute atomic E-state index is 14.3. The van der Waals surface area contributed by atoms with Crippen molar-refractivity contribution in [3.63, 3.8) is 0 Å². The number of urea groups is 1. The molecule has 2 aliphatic rings. The normalized spacial score (nSPS) is 18.5. The standard InChI is InChI=1S/C39H70N6O7/c1-11-19-38(14-4,20-12-2)44-35(52)43-29(37(8,9)10)32(48)40-26(25-28(46)45-23-17-18-24-45)31(47)42-30(39(34(50)51)21-15-16-22-39)33(49)41-27(13-3)36(5,6)7/h26-27,29-30H,11-25H2,1-10H3,(H,40,48)(H,41,49)(H,42,47)(H,50,51)(H2,43,44,52)/t26-,27+,29+,30+/m0/s1. The van der Waals surface area contributed by atoms with Gasteiger partial charge in [-0.15, -0.1) is 0 Å². The Morgan fingerprint density at radius 1 is 0.712 bits per heavy atom. The van der Waals surface area contributed by atoms with Crippen molar-refractivity contribution in [2.45, 2.75) is 182 Å². The van der Waals surface area contributed by atoms with Crippen LogP contribution in [0.3, 0.4) is 0 Å². The fraction of sp³-hybridized carbons (Fsp3) is 0.846. The molecule has 13 heteroatoms. The van der Waals surface area contributed by atoms with Crippen LogP contribution in [0.4, 0.5) is 4.79 Å². The van der Waals surface area contributed by atoms with Crippen LogP contribution >= 0.6 is 0 Å². The summed E-state index contributed by atoms with van der Waals surface area (Å²) in [6, 6.07) is -4.78. The molecule has 0 unspecified atom stereocenters. The largest absolute Gasteiger partial charge is 0.481 e. The van der Waals surface area contributed by atoms with Gasteiger partial charge >= 0.3 is 12.0 Å². The quantitative estimate of drug-likeness (QED) is 0.114. The van der Waals surface area contributed by atoms with E-state index in [9.17, 15) is 33.9 Å². The van der Waals surface area contributed by atoms with Gasteiger partial charge in [0.05, 0.1) is 11.8 Å². The summed E-state index contributed by atoms with van der Waals surface area (Å²) in [7, 11) is 0. The minimum absolute atomic E-state index is 0.192. The second kappa shape index (κ2) is 19.1. The predicted octanol–water partition coefficient (Wildman–Crippen LogP) is 5.02. The molecule has 1 heterocycles. The van der Waals surface area contributed by atoms with Gasteiger partial charge in [-0.2, -0.15) is 0 Å². The van der Waals surface area contributed by atoms with Crippen molar-refractivity contribution in [3.05, 3.63) is 0 Å². The van der Waals surface area contributed by atoms with E-state index in [2.05, 4.69) is 40.4 Å². The lowest BCUT2D eigenvalue weighted by atomic mass is 9.77. The van der Waals surface area contributed by atoms with Gasteiger partial charge in [-0.3, -0.25) is 24.0 Å². The average molecular weight is 735 g/mol. The Morgan fingerprint density at radius 2 is 1.27 bits per heavy atom. The predicted molar refractivity (Wildman–Crippen MR) is 202 cm³/mol. The maximum atomic E-state index is 14.3. The first kappa shape index (κ1) is 44.8. The zero-order valence-electron chi connectivity index (χ0n) is 33.8. The van der Waals surface area contributed by atoms with Crippen LogP contribution in [0.2, 0.25) is 0 Å². The molecule has 0 aromatic rings. The van der Waals surface area contributed by atoms with E-state index in [0.717, 1.165) is 44.9 Å². The molecule has 0 radical (unpaired) electrons. The Morgan fingerprint density at radius 3 is 1.71 bits per heavy atom. The highest BCUT2D eigenvalue weighted by atomic mass is 16.4. The highest BCUT2D eigenvalue weighted by Gasteiger charge is 2.53. The number of likely N-dealkylation sites (tertiary alicyclic amines) is 1. The summed E-state index contributed by atoms with van der Waals surface area (Å²) in [5.74, 6) is -3.62. The third kappa shape index (κ3) is 11.8.